The Balaban J connectivity index is 1.79. The number of H-pyrrole nitrogens is 1. The standard InChI is InChI=1S/C16H23N5O2/c1-3-21-7-5-4-6-11(10-21)17-16(22)12-8-13-14(19-20-18-13)9-15(12)23-2/h8-9,11H,3-7,10H2,1-2H3,(H,17,22)(H,18,19,20)/t11-/m1/s1. The summed E-state index contributed by atoms with van der Waals surface area (Å²) >= 11 is 0. The first-order valence-corrected chi connectivity index (χ1v) is 8.13. The van der Waals surface area contributed by atoms with Gasteiger partial charge in [0.1, 0.15) is 11.3 Å². The molecule has 0 saturated carbocycles. The molecule has 1 aromatic carbocycles. The number of nitrogens with one attached hydrogen (secondary N) is 2. The van der Waals surface area contributed by atoms with Gasteiger partial charge < -0.3 is 15.0 Å². The molecule has 1 aliphatic rings. The molecule has 1 aliphatic heterocycles. The third-order valence-corrected chi connectivity index (χ3v) is 4.43. The number of fused-ring (bicyclic) bond motifs is 1. The Labute approximate surface area is 135 Å². The van der Waals surface area contributed by atoms with E-state index in [0.717, 1.165) is 38.0 Å². The summed E-state index contributed by atoms with van der Waals surface area (Å²) in [7, 11) is 1.56. The van der Waals surface area contributed by atoms with Gasteiger partial charge >= 0.3 is 0 Å². The normalized spacial score (nSPS) is 19.5. The summed E-state index contributed by atoms with van der Waals surface area (Å²) in [6, 6.07) is 3.65. The van der Waals surface area contributed by atoms with Crippen LogP contribution in [0.25, 0.3) is 11.0 Å². The van der Waals surface area contributed by atoms with E-state index in [1.807, 2.05) is 0 Å². The summed E-state index contributed by atoms with van der Waals surface area (Å²) in [5.41, 5.74) is 1.92. The Morgan fingerprint density at radius 1 is 1.48 bits per heavy atom. The number of amides is 1. The Morgan fingerprint density at radius 3 is 3.13 bits per heavy atom. The molecule has 7 nitrogen and oxygen atoms in total. The van der Waals surface area contributed by atoms with Crippen LogP contribution in [0.2, 0.25) is 0 Å². The molecule has 0 unspecified atom stereocenters. The van der Waals surface area contributed by atoms with Crippen molar-refractivity contribution in [1.29, 1.82) is 0 Å². The lowest BCUT2D eigenvalue weighted by Gasteiger charge is -2.23. The first-order chi connectivity index (χ1) is 11.2. The largest absolute Gasteiger partial charge is 0.496 e. The highest BCUT2D eigenvalue weighted by atomic mass is 16.5. The van der Waals surface area contributed by atoms with E-state index < -0.39 is 0 Å². The lowest BCUT2D eigenvalue weighted by molar-refractivity contribution is 0.0924. The fourth-order valence-corrected chi connectivity index (χ4v) is 3.11. The molecule has 124 valence electrons. The van der Waals surface area contributed by atoms with Crippen molar-refractivity contribution in [2.45, 2.75) is 32.2 Å². The smallest absolute Gasteiger partial charge is 0.255 e. The van der Waals surface area contributed by atoms with Crippen molar-refractivity contribution in [1.82, 2.24) is 25.6 Å². The molecule has 0 aliphatic carbocycles. The van der Waals surface area contributed by atoms with Gasteiger partial charge in [0.05, 0.1) is 18.2 Å². The molecule has 7 heteroatoms. The Bertz CT molecular complexity index is 684. The number of aromatic amines is 1. The van der Waals surface area contributed by atoms with E-state index >= 15 is 0 Å². The van der Waals surface area contributed by atoms with Crippen molar-refractivity contribution in [3.05, 3.63) is 17.7 Å². The summed E-state index contributed by atoms with van der Waals surface area (Å²) in [5.74, 6) is 0.414. The summed E-state index contributed by atoms with van der Waals surface area (Å²) in [6.07, 6.45) is 3.34. The molecule has 1 saturated heterocycles. The number of likely N-dealkylation sites (tertiary alicyclic amines) is 1. The van der Waals surface area contributed by atoms with E-state index in [4.69, 9.17) is 4.74 Å². The van der Waals surface area contributed by atoms with Gasteiger partial charge in [0, 0.05) is 18.7 Å². The van der Waals surface area contributed by atoms with Crippen LogP contribution in [0.1, 0.15) is 36.5 Å². The molecule has 23 heavy (non-hydrogen) atoms. The van der Waals surface area contributed by atoms with Crippen LogP contribution < -0.4 is 10.1 Å². The van der Waals surface area contributed by atoms with E-state index in [1.165, 1.54) is 6.42 Å². The molecule has 0 bridgehead atoms. The van der Waals surface area contributed by atoms with Gasteiger partial charge in [-0.1, -0.05) is 18.6 Å². The monoisotopic (exact) mass is 317 g/mol. The van der Waals surface area contributed by atoms with Crippen molar-refractivity contribution < 1.29 is 9.53 Å². The maximum atomic E-state index is 12.7. The molecule has 0 radical (unpaired) electrons. The summed E-state index contributed by atoms with van der Waals surface area (Å²) < 4.78 is 5.35. The van der Waals surface area contributed by atoms with Crippen LogP contribution in [0.5, 0.6) is 5.75 Å². The number of hydrogen-bond donors (Lipinski definition) is 2. The fourth-order valence-electron chi connectivity index (χ4n) is 3.11. The van der Waals surface area contributed by atoms with Gasteiger partial charge in [-0.3, -0.25) is 9.89 Å². The van der Waals surface area contributed by atoms with Crippen molar-refractivity contribution in [3.63, 3.8) is 0 Å². The number of carbonyl (C=O) groups excluding carboxylic acids is 1. The minimum atomic E-state index is -0.116. The molecule has 1 amide bonds. The van der Waals surface area contributed by atoms with Gasteiger partial charge in [-0.2, -0.15) is 0 Å². The Morgan fingerprint density at radius 2 is 2.35 bits per heavy atom. The second-order valence-electron chi connectivity index (χ2n) is 5.94. The number of likely N-dealkylation sites (N-methyl/N-ethyl adjacent to an activating group) is 1. The molecular weight excluding hydrogens is 294 g/mol. The second-order valence-corrected chi connectivity index (χ2v) is 5.94. The highest BCUT2D eigenvalue weighted by molar-refractivity contribution is 6.00. The van der Waals surface area contributed by atoms with Crippen LogP contribution in [0.4, 0.5) is 0 Å². The van der Waals surface area contributed by atoms with Gasteiger partial charge in [-0.15, -0.1) is 5.10 Å². The molecule has 2 heterocycles. The topological polar surface area (TPSA) is 83.1 Å². The number of aromatic nitrogens is 3. The van der Waals surface area contributed by atoms with Crippen molar-refractivity contribution in [3.8, 4) is 5.75 Å². The van der Waals surface area contributed by atoms with Gasteiger partial charge in [0.25, 0.3) is 5.91 Å². The van der Waals surface area contributed by atoms with Gasteiger partial charge in [0.15, 0.2) is 0 Å². The molecule has 0 spiro atoms. The number of carbonyl (C=O) groups is 1. The minimum Gasteiger partial charge on any atom is -0.496 e. The van der Waals surface area contributed by atoms with E-state index in [1.54, 1.807) is 19.2 Å². The number of benzene rings is 1. The van der Waals surface area contributed by atoms with Crippen LogP contribution in [-0.2, 0) is 0 Å². The third kappa shape index (κ3) is 3.44. The number of ether oxygens (including phenoxy) is 1. The number of methoxy groups -OCH3 is 1. The molecule has 3 rings (SSSR count). The summed E-state index contributed by atoms with van der Waals surface area (Å²) in [6.45, 7) is 5.18. The lowest BCUT2D eigenvalue weighted by atomic mass is 10.1. The first-order valence-electron chi connectivity index (χ1n) is 8.13. The quantitative estimate of drug-likeness (QED) is 0.894. The van der Waals surface area contributed by atoms with E-state index in [2.05, 4.69) is 32.6 Å². The average Bonchev–Trinajstić information content (AvgIpc) is 2.91. The molecular formula is C16H23N5O2. The predicted octanol–water partition coefficient (Wildman–Crippen LogP) is 1.57. The Kier molecular flexibility index (Phi) is 4.76. The van der Waals surface area contributed by atoms with Crippen molar-refractivity contribution in [2.75, 3.05) is 26.7 Å². The highest BCUT2D eigenvalue weighted by Crippen LogP contribution is 2.24. The SMILES string of the molecule is CCN1CCCC[C@@H](NC(=O)c2cc3nn[nH]c3cc2OC)C1. The summed E-state index contributed by atoms with van der Waals surface area (Å²) in [5, 5.41) is 13.7. The first kappa shape index (κ1) is 15.7. The number of hydrogen-bond acceptors (Lipinski definition) is 5. The number of rotatable bonds is 4. The van der Waals surface area contributed by atoms with Gasteiger partial charge in [-0.05, 0) is 32.0 Å². The van der Waals surface area contributed by atoms with E-state index in [9.17, 15) is 4.79 Å². The summed E-state index contributed by atoms with van der Waals surface area (Å²) in [4.78, 5) is 15.1. The van der Waals surface area contributed by atoms with Crippen molar-refractivity contribution in [2.24, 2.45) is 0 Å². The molecule has 1 atom stereocenters. The maximum Gasteiger partial charge on any atom is 0.255 e. The molecule has 2 aromatic rings. The zero-order valence-corrected chi connectivity index (χ0v) is 13.6. The molecule has 2 N–H and O–H groups in total. The average molecular weight is 317 g/mol. The van der Waals surface area contributed by atoms with Gasteiger partial charge in [0.2, 0.25) is 0 Å². The van der Waals surface area contributed by atoms with Crippen LogP contribution in [0, 0.1) is 0 Å². The predicted molar refractivity (Wildman–Crippen MR) is 87.7 cm³/mol. The van der Waals surface area contributed by atoms with E-state index in [-0.39, 0.29) is 11.9 Å². The molecule has 1 fully saturated rings. The maximum absolute atomic E-state index is 12.7. The van der Waals surface area contributed by atoms with Gasteiger partial charge in [-0.25, -0.2) is 0 Å². The van der Waals surface area contributed by atoms with E-state index in [0.29, 0.717) is 16.8 Å². The second kappa shape index (κ2) is 6.95. The van der Waals surface area contributed by atoms with Crippen LogP contribution in [-0.4, -0.2) is 59.0 Å². The van der Waals surface area contributed by atoms with Crippen LogP contribution in [0.15, 0.2) is 12.1 Å². The lowest BCUT2D eigenvalue weighted by Crippen LogP contribution is -2.42. The zero-order chi connectivity index (χ0) is 16.2. The number of nitrogens with zero attached hydrogens (tertiary/aromatic N) is 3. The zero-order valence-electron chi connectivity index (χ0n) is 13.6. The van der Waals surface area contributed by atoms with Crippen molar-refractivity contribution >= 4 is 16.9 Å². The fraction of sp³-hybridized carbons (Fsp3) is 0.562. The molecule has 1 aromatic heterocycles. The Hall–Kier alpha value is -2.15. The minimum absolute atomic E-state index is 0.116. The third-order valence-electron chi connectivity index (χ3n) is 4.43. The van der Waals surface area contributed by atoms with Crippen LogP contribution in [0.3, 0.4) is 0 Å². The van der Waals surface area contributed by atoms with Crippen LogP contribution >= 0.6 is 0 Å². The highest BCUT2D eigenvalue weighted by Gasteiger charge is 2.22.